The van der Waals surface area contributed by atoms with Gasteiger partial charge in [-0.1, -0.05) is 35.1 Å². The molecule has 1 fully saturated rings. The van der Waals surface area contributed by atoms with Crippen molar-refractivity contribution in [3.63, 3.8) is 0 Å². The number of amides is 1. The van der Waals surface area contributed by atoms with Gasteiger partial charge in [-0.25, -0.2) is 4.79 Å². The van der Waals surface area contributed by atoms with Gasteiger partial charge in [0.1, 0.15) is 5.60 Å². The van der Waals surface area contributed by atoms with E-state index >= 15 is 0 Å². The second-order valence-electron chi connectivity index (χ2n) is 11.3. The van der Waals surface area contributed by atoms with Gasteiger partial charge in [0, 0.05) is 30.1 Å². The van der Waals surface area contributed by atoms with Crippen molar-refractivity contribution >= 4 is 40.8 Å². The van der Waals surface area contributed by atoms with E-state index in [0.29, 0.717) is 27.5 Å². The largest absolute Gasteiger partial charge is 0.493 e. The SMILES string of the molecule is CC(C)(C)OC(=O)N1CCC(O)C(n2c(O)c(C(Cc3ccc(Cl)cc3C(F)(F)F)=c3ccc4c(c3)C=NN=4)sc2=O)C1. The Hall–Kier alpha value is -3.68. The van der Waals surface area contributed by atoms with Crippen LogP contribution in [0.1, 0.15) is 54.8 Å². The van der Waals surface area contributed by atoms with Gasteiger partial charge in [0.25, 0.3) is 0 Å². The standard InChI is InChI=1S/C29H28ClF3N4O5S/c1-28(2,3)42-26(40)36-9-8-23(38)22(14-36)37-25(39)24(43-27(37)41)19(15-5-7-21-17(10-15)13-34-35-21)11-16-4-6-18(30)12-20(16)29(31,32)33/h4-7,10,12-13,22-23,38-39H,8-9,11,14H2,1-3H3. The number of fused-ring (bicyclic) bond motifs is 1. The number of rotatable bonds is 4. The normalized spacial score (nSPS) is 19.2. The second kappa shape index (κ2) is 11.4. The molecule has 2 aliphatic heterocycles. The number of hydrogen-bond donors (Lipinski definition) is 2. The summed E-state index contributed by atoms with van der Waals surface area (Å²) in [5, 5.41) is 31.1. The minimum atomic E-state index is -4.72. The number of aromatic hydroxyl groups is 1. The number of carbonyl (C=O) groups excluding carboxylic acids is 1. The van der Waals surface area contributed by atoms with E-state index in [-0.39, 0.29) is 47.0 Å². The third-order valence-corrected chi connectivity index (χ3v) is 8.34. The van der Waals surface area contributed by atoms with Crippen molar-refractivity contribution in [1.82, 2.24) is 9.47 Å². The predicted molar refractivity (Wildman–Crippen MR) is 155 cm³/mol. The zero-order valence-corrected chi connectivity index (χ0v) is 24.9. The fourth-order valence-electron chi connectivity index (χ4n) is 5.09. The average molecular weight is 637 g/mol. The molecule has 0 spiro atoms. The van der Waals surface area contributed by atoms with Gasteiger partial charge in [0.05, 0.1) is 34.2 Å². The predicted octanol–water partition coefficient (Wildman–Crippen LogP) is 4.24. The molecule has 2 aliphatic rings. The Kier molecular flexibility index (Phi) is 8.18. The Morgan fingerprint density at radius 2 is 1.93 bits per heavy atom. The Bertz CT molecular complexity index is 1790. The molecule has 5 rings (SSSR count). The van der Waals surface area contributed by atoms with E-state index in [1.165, 1.54) is 23.2 Å². The molecule has 3 aromatic rings. The second-order valence-corrected chi connectivity index (χ2v) is 12.7. The molecule has 0 saturated carbocycles. The van der Waals surface area contributed by atoms with Crippen molar-refractivity contribution in [3.05, 3.63) is 83.2 Å². The maximum atomic E-state index is 14.0. The first-order valence-corrected chi connectivity index (χ1v) is 14.5. The first-order chi connectivity index (χ1) is 20.1. The molecular weight excluding hydrogens is 609 g/mol. The summed E-state index contributed by atoms with van der Waals surface area (Å²) in [5.74, 6) is -0.526. The van der Waals surface area contributed by atoms with Crippen molar-refractivity contribution in [2.45, 2.75) is 57.5 Å². The van der Waals surface area contributed by atoms with E-state index in [9.17, 15) is 33.0 Å². The number of aliphatic hydroxyl groups is 1. The first-order valence-electron chi connectivity index (χ1n) is 13.3. The molecule has 2 aromatic carbocycles. The summed E-state index contributed by atoms with van der Waals surface area (Å²) in [6, 6.07) is 7.35. The highest BCUT2D eigenvalue weighted by Crippen LogP contribution is 2.38. The van der Waals surface area contributed by atoms with Gasteiger partial charge in [-0.2, -0.15) is 23.4 Å². The highest BCUT2D eigenvalue weighted by Gasteiger charge is 2.38. The van der Waals surface area contributed by atoms with Crippen LogP contribution in [0.25, 0.3) is 5.57 Å². The van der Waals surface area contributed by atoms with Crippen LogP contribution in [0.15, 0.2) is 51.4 Å². The zero-order chi connectivity index (χ0) is 31.3. The number of benzene rings is 2. The summed E-state index contributed by atoms with van der Waals surface area (Å²) in [4.78, 5) is 26.9. The van der Waals surface area contributed by atoms with Crippen molar-refractivity contribution in [1.29, 1.82) is 0 Å². The maximum Gasteiger partial charge on any atom is 0.416 e. The lowest BCUT2D eigenvalue weighted by atomic mass is 9.96. The fraction of sp³-hybridized carbons (Fsp3) is 0.379. The van der Waals surface area contributed by atoms with E-state index in [4.69, 9.17) is 16.3 Å². The highest BCUT2D eigenvalue weighted by atomic mass is 35.5. The number of likely N-dealkylation sites (tertiary alicyclic amines) is 1. The quantitative estimate of drug-likeness (QED) is 0.445. The van der Waals surface area contributed by atoms with Gasteiger partial charge in [0.15, 0.2) is 0 Å². The summed E-state index contributed by atoms with van der Waals surface area (Å²) in [6.07, 6.45) is -5.13. The number of hydrogen-bond acceptors (Lipinski definition) is 8. The Labute approximate surface area is 252 Å². The van der Waals surface area contributed by atoms with Crippen LogP contribution in [-0.4, -0.2) is 56.8 Å². The molecule has 228 valence electrons. The number of halogens is 4. The summed E-state index contributed by atoms with van der Waals surface area (Å²) >= 11 is 6.54. The smallest absolute Gasteiger partial charge is 0.416 e. The van der Waals surface area contributed by atoms with Crippen LogP contribution in [0.3, 0.4) is 0 Å². The molecule has 43 heavy (non-hydrogen) atoms. The third-order valence-electron chi connectivity index (χ3n) is 7.10. The van der Waals surface area contributed by atoms with E-state index in [0.717, 1.165) is 10.6 Å². The molecule has 2 N–H and O–H groups in total. The van der Waals surface area contributed by atoms with Crippen molar-refractivity contribution in [3.8, 4) is 5.88 Å². The lowest BCUT2D eigenvalue weighted by Gasteiger charge is -2.37. The molecule has 1 aromatic heterocycles. The maximum absolute atomic E-state index is 14.0. The minimum absolute atomic E-state index is 0.0292. The molecule has 0 aliphatic carbocycles. The van der Waals surface area contributed by atoms with Crippen LogP contribution < -0.4 is 15.4 Å². The number of ether oxygens (including phenoxy) is 1. The number of aromatic nitrogens is 1. The number of alkyl halides is 3. The monoisotopic (exact) mass is 636 g/mol. The van der Waals surface area contributed by atoms with Crippen molar-refractivity contribution < 1.29 is 32.9 Å². The number of piperidine rings is 1. The Morgan fingerprint density at radius 3 is 2.63 bits per heavy atom. The number of nitrogens with zero attached hydrogens (tertiary/aromatic N) is 4. The molecular formula is C29H28ClF3N4O5S. The van der Waals surface area contributed by atoms with Crippen molar-refractivity contribution in [2.24, 2.45) is 10.2 Å². The molecule has 1 amide bonds. The molecule has 9 nitrogen and oxygen atoms in total. The van der Waals surface area contributed by atoms with Gasteiger partial charge < -0.3 is 19.8 Å². The first kappa shape index (κ1) is 30.8. The van der Waals surface area contributed by atoms with E-state index in [1.54, 1.807) is 39.0 Å². The van der Waals surface area contributed by atoms with Gasteiger partial charge in [0.2, 0.25) is 5.88 Å². The Morgan fingerprint density at radius 1 is 1.19 bits per heavy atom. The summed E-state index contributed by atoms with van der Waals surface area (Å²) in [7, 11) is 0. The summed E-state index contributed by atoms with van der Waals surface area (Å²) < 4.78 is 48.5. The minimum Gasteiger partial charge on any atom is -0.493 e. The summed E-state index contributed by atoms with van der Waals surface area (Å²) in [6.45, 7) is 5.19. The number of carbonyl (C=O) groups is 1. The van der Waals surface area contributed by atoms with Gasteiger partial charge in [-0.15, -0.1) is 0 Å². The lowest BCUT2D eigenvalue weighted by Crippen LogP contribution is -2.49. The summed E-state index contributed by atoms with van der Waals surface area (Å²) in [5.41, 5.74) is -0.984. The molecule has 0 radical (unpaired) electrons. The fourth-order valence-corrected chi connectivity index (χ4v) is 6.26. The molecule has 2 unspecified atom stereocenters. The topological polar surface area (TPSA) is 117 Å². The number of thiazole rings is 1. The zero-order valence-electron chi connectivity index (χ0n) is 23.4. The molecule has 14 heteroatoms. The Balaban J connectivity index is 1.63. The van der Waals surface area contributed by atoms with Gasteiger partial charge >= 0.3 is 17.1 Å². The van der Waals surface area contributed by atoms with Crippen LogP contribution in [0.2, 0.25) is 5.02 Å². The number of aliphatic hydroxyl groups excluding tert-OH is 1. The van der Waals surface area contributed by atoms with Crippen LogP contribution in [0.4, 0.5) is 18.0 Å². The van der Waals surface area contributed by atoms with E-state index in [2.05, 4.69) is 10.2 Å². The molecule has 0 bridgehead atoms. The molecule has 2 atom stereocenters. The van der Waals surface area contributed by atoms with Crippen LogP contribution in [-0.2, 0) is 17.3 Å². The third kappa shape index (κ3) is 6.48. The van der Waals surface area contributed by atoms with Gasteiger partial charge in [-0.3, -0.25) is 9.36 Å². The van der Waals surface area contributed by atoms with Crippen molar-refractivity contribution in [2.75, 3.05) is 13.1 Å². The van der Waals surface area contributed by atoms with Crippen LogP contribution in [0.5, 0.6) is 5.88 Å². The lowest BCUT2D eigenvalue weighted by molar-refractivity contribution is -0.138. The molecule has 3 heterocycles. The van der Waals surface area contributed by atoms with Crippen LogP contribution in [0, 0.1) is 0 Å². The van der Waals surface area contributed by atoms with Crippen LogP contribution >= 0.6 is 22.9 Å². The highest BCUT2D eigenvalue weighted by molar-refractivity contribution is 7.10. The molecule has 1 saturated heterocycles. The van der Waals surface area contributed by atoms with Gasteiger partial charge in [-0.05, 0) is 67.8 Å². The van der Waals surface area contributed by atoms with E-state index < -0.39 is 46.3 Å². The average Bonchev–Trinajstić information content (AvgIpc) is 3.50. The van der Waals surface area contributed by atoms with E-state index in [1.807, 2.05) is 0 Å².